The third-order valence-electron chi connectivity index (χ3n) is 1.19. The summed E-state index contributed by atoms with van der Waals surface area (Å²) >= 11 is 0. The quantitative estimate of drug-likeness (QED) is 0.437. The zero-order valence-electron chi connectivity index (χ0n) is 4.56. The molecule has 0 N–H and O–H groups in total. The Bertz CT molecular complexity index is 101. The van der Waals surface area contributed by atoms with Crippen molar-refractivity contribution in [1.29, 1.82) is 0 Å². The Kier molecular flexibility index (Phi) is 1.19. The van der Waals surface area contributed by atoms with Gasteiger partial charge in [-0.2, -0.15) is 0 Å². The highest BCUT2D eigenvalue weighted by atomic mass is 19.1. The number of esters is 1. The van der Waals surface area contributed by atoms with Gasteiger partial charge >= 0.3 is 5.97 Å². The largest absolute Gasteiger partial charge is 0.459 e. The van der Waals surface area contributed by atoms with Crippen LogP contribution >= 0.6 is 0 Å². The number of alkyl halides is 1. The lowest BCUT2D eigenvalue weighted by Gasteiger charge is -2.00. The predicted molar refractivity (Wildman–Crippen MR) is 25.1 cm³/mol. The summed E-state index contributed by atoms with van der Waals surface area (Å²) < 4.78 is 16.7. The molecular formula is C5H7FO2. The second kappa shape index (κ2) is 1.73. The molecule has 1 heterocycles. The van der Waals surface area contributed by atoms with Gasteiger partial charge < -0.3 is 4.74 Å². The van der Waals surface area contributed by atoms with E-state index < -0.39 is 18.2 Å². The first-order valence-electron chi connectivity index (χ1n) is 2.53. The number of cyclic esters (lactones) is 1. The molecule has 0 spiro atoms. The van der Waals surface area contributed by atoms with Crippen molar-refractivity contribution in [2.45, 2.75) is 25.6 Å². The highest BCUT2D eigenvalue weighted by molar-refractivity contribution is 5.72. The third-order valence-corrected chi connectivity index (χ3v) is 1.19. The van der Waals surface area contributed by atoms with Crippen LogP contribution in [0.1, 0.15) is 13.3 Å². The van der Waals surface area contributed by atoms with Gasteiger partial charge in [-0.3, -0.25) is 4.79 Å². The fourth-order valence-electron chi connectivity index (χ4n) is 0.654. The van der Waals surface area contributed by atoms with E-state index in [-0.39, 0.29) is 6.42 Å². The summed E-state index contributed by atoms with van der Waals surface area (Å²) in [6, 6.07) is 0. The Labute approximate surface area is 46.6 Å². The first-order valence-corrected chi connectivity index (χ1v) is 2.53. The molecule has 1 aliphatic rings. The van der Waals surface area contributed by atoms with E-state index in [0.29, 0.717) is 0 Å². The standard InChI is InChI=1S/C5H7FO2/c1-3-4(6)2-5(7)8-3/h3-4H,2H2,1H3. The number of carbonyl (C=O) groups excluding carboxylic acids is 1. The normalized spacial score (nSPS) is 37.5. The van der Waals surface area contributed by atoms with Crippen molar-refractivity contribution in [2.24, 2.45) is 0 Å². The summed E-state index contributed by atoms with van der Waals surface area (Å²) in [5, 5.41) is 0. The van der Waals surface area contributed by atoms with E-state index in [1.165, 1.54) is 0 Å². The van der Waals surface area contributed by atoms with Gasteiger partial charge in [-0.05, 0) is 6.92 Å². The van der Waals surface area contributed by atoms with Crippen LogP contribution in [0.25, 0.3) is 0 Å². The molecule has 1 fully saturated rings. The van der Waals surface area contributed by atoms with E-state index in [9.17, 15) is 9.18 Å². The number of carbonyl (C=O) groups is 1. The molecule has 0 aromatic rings. The lowest BCUT2D eigenvalue weighted by molar-refractivity contribution is -0.140. The van der Waals surface area contributed by atoms with Crippen molar-refractivity contribution in [1.82, 2.24) is 0 Å². The number of rotatable bonds is 0. The maximum absolute atomic E-state index is 12.2. The maximum Gasteiger partial charge on any atom is 0.309 e. The van der Waals surface area contributed by atoms with Crippen molar-refractivity contribution < 1.29 is 13.9 Å². The predicted octanol–water partition coefficient (Wildman–Crippen LogP) is 0.660. The van der Waals surface area contributed by atoms with Crippen LogP contribution < -0.4 is 0 Å². The van der Waals surface area contributed by atoms with Crippen molar-refractivity contribution in [3.63, 3.8) is 0 Å². The Morgan fingerprint density at radius 3 is 2.62 bits per heavy atom. The van der Waals surface area contributed by atoms with Crippen molar-refractivity contribution >= 4 is 5.97 Å². The van der Waals surface area contributed by atoms with Gasteiger partial charge in [0.25, 0.3) is 0 Å². The minimum atomic E-state index is -1.08. The molecule has 8 heavy (non-hydrogen) atoms. The monoisotopic (exact) mass is 118 g/mol. The molecule has 1 aliphatic heterocycles. The van der Waals surface area contributed by atoms with Crippen LogP contribution in [0.4, 0.5) is 4.39 Å². The molecule has 3 heteroatoms. The Balaban J connectivity index is 2.51. The average molecular weight is 118 g/mol. The van der Waals surface area contributed by atoms with Crippen LogP contribution in [-0.2, 0) is 9.53 Å². The molecular weight excluding hydrogens is 111 g/mol. The molecule has 2 nitrogen and oxygen atoms in total. The number of ether oxygens (including phenoxy) is 1. The van der Waals surface area contributed by atoms with Crippen LogP contribution in [0.15, 0.2) is 0 Å². The zero-order chi connectivity index (χ0) is 6.15. The minimum absolute atomic E-state index is 0.0683. The van der Waals surface area contributed by atoms with Crippen LogP contribution in [0.3, 0.4) is 0 Å². The Hall–Kier alpha value is -0.600. The molecule has 0 bridgehead atoms. The molecule has 0 aromatic heterocycles. The van der Waals surface area contributed by atoms with E-state index >= 15 is 0 Å². The van der Waals surface area contributed by atoms with Gasteiger partial charge in [0.05, 0.1) is 6.42 Å². The van der Waals surface area contributed by atoms with E-state index in [1.807, 2.05) is 0 Å². The first-order chi connectivity index (χ1) is 3.70. The highest BCUT2D eigenvalue weighted by Gasteiger charge is 2.30. The Morgan fingerprint density at radius 1 is 1.88 bits per heavy atom. The molecule has 0 aliphatic carbocycles. The van der Waals surface area contributed by atoms with E-state index in [4.69, 9.17) is 0 Å². The van der Waals surface area contributed by atoms with Crippen LogP contribution in [0, 0.1) is 0 Å². The van der Waals surface area contributed by atoms with Gasteiger partial charge in [0, 0.05) is 0 Å². The van der Waals surface area contributed by atoms with Crippen molar-refractivity contribution in [3.05, 3.63) is 0 Å². The second-order valence-corrected chi connectivity index (χ2v) is 1.92. The Morgan fingerprint density at radius 2 is 2.50 bits per heavy atom. The minimum Gasteiger partial charge on any atom is -0.459 e. The summed E-state index contributed by atoms with van der Waals surface area (Å²) in [4.78, 5) is 10.2. The lowest BCUT2D eigenvalue weighted by atomic mass is 10.2. The summed E-state index contributed by atoms with van der Waals surface area (Å²) in [6.07, 6.45) is -1.67. The van der Waals surface area contributed by atoms with Gasteiger partial charge in [0.1, 0.15) is 12.3 Å². The van der Waals surface area contributed by atoms with Gasteiger partial charge in [0.2, 0.25) is 0 Å². The smallest absolute Gasteiger partial charge is 0.309 e. The summed E-state index contributed by atoms with van der Waals surface area (Å²) in [7, 11) is 0. The first kappa shape index (κ1) is 5.54. The lowest BCUT2D eigenvalue weighted by Crippen LogP contribution is -2.10. The SMILES string of the molecule is CC1OC(=O)CC1F. The highest BCUT2D eigenvalue weighted by Crippen LogP contribution is 2.16. The zero-order valence-corrected chi connectivity index (χ0v) is 4.56. The molecule has 1 saturated heterocycles. The number of halogens is 1. The van der Waals surface area contributed by atoms with Gasteiger partial charge in [-0.15, -0.1) is 0 Å². The van der Waals surface area contributed by atoms with E-state index in [1.54, 1.807) is 6.92 Å². The van der Waals surface area contributed by atoms with Gasteiger partial charge in [-0.25, -0.2) is 4.39 Å². The average Bonchev–Trinajstić information content (AvgIpc) is 1.85. The van der Waals surface area contributed by atoms with Gasteiger partial charge in [-0.1, -0.05) is 0 Å². The van der Waals surface area contributed by atoms with E-state index in [2.05, 4.69) is 4.74 Å². The van der Waals surface area contributed by atoms with Crippen LogP contribution in [0.5, 0.6) is 0 Å². The van der Waals surface area contributed by atoms with E-state index in [0.717, 1.165) is 0 Å². The summed E-state index contributed by atoms with van der Waals surface area (Å²) in [5.74, 6) is -0.426. The van der Waals surface area contributed by atoms with Crippen molar-refractivity contribution in [3.8, 4) is 0 Å². The molecule has 2 atom stereocenters. The van der Waals surface area contributed by atoms with Crippen molar-refractivity contribution in [2.75, 3.05) is 0 Å². The fourth-order valence-corrected chi connectivity index (χ4v) is 0.654. The topological polar surface area (TPSA) is 26.3 Å². The second-order valence-electron chi connectivity index (χ2n) is 1.92. The van der Waals surface area contributed by atoms with Gasteiger partial charge in [0.15, 0.2) is 0 Å². The maximum atomic E-state index is 12.2. The molecule has 0 saturated carbocycles. The van der Waals surface area contributed by atoms with Crippen LogP contribution in [-0.4, -0.2) is 18.2 Å². The van der Waals surface area contributed by atoms with Crippen LogP contribution in [0.2, 0.25) is 0 Å². The molecule has 0 amide bonds. The molecule has 0 aromatic carbocycles. The molecule has 0 radical (unpaired) electrons. The molecule has 1 rings (SSSR count). The summed E-state index contributed by atoms with van der Waals surface area (Å²) in [5.41, 5.74) is 0. The molecule has 46 valence electrons. The number of hydrogen-bond donors (Lipinski definition) is 0. The fraction of sp³-hybridized carbons (Fsp3) is 0.800. The third kappa shape index (κ3) is 0.804. The summed E-state index contributed by atoms with van der Waals surface area (Å²) in [6.45, 7) is 1.55. The molecule has 2 unspecified atom stereocenters. The number of hydrogen-bond acceptors (Lipinski definition) is 2.